The Morgan fingerprint density at radius 1 is 1.33 bits per heavy atom. The number of ketones is 1. The highest BCUT2D eigenvalue weighted by Gasteiger charge is 2.33. The number of carbonyl (C=O) groups is 4. The van der Waals surface area contributed by atoms with E-state index in [0.717, 1.165) is 6.42 Å². The number of nitrogens with zero attached hydrogens (tertiary/aromatic N) is 1. The number of carbonyl (C=O) groups excluding carboxylic acids is 4. The van der Waals surface area contributed by atoms with Gasteiger partial charge < -0.3 is 15.5 Å². The third kappa shape index (κ3) is 3.59. The van der Waals surface area contributed by atoms with E-state index in [1.807, 2.05) is 0 Å². The Labute approximate surface area is 123 Å². The molecule has 0 aromatic rings. The molecule has 2 aliphatic heterocycles. The lowest BCUT2D eigenvalue weighted by molar-refractivity contribution is -0.138. The summed E-state index contributed by atoms with van der Waals surface area (Å²) in [7, 11) is 0. The van der Waals surface area contributed by atoms with Gasteiger partial charge in [0.15, 0.2) is 5.78 Å². The van der Waals surface area contributed by atoms with Crippen LogP contribution in [0, 0.1) is 0 Å². The smallest absolute Gasteiger partial charge is 0.243 e. The quantitative estimate of drug-likeness (QED) is 0.704. The van der Waals surface area contributed by atoms with Crippen molar-refractivity contribution in [2.75, 3.05) is 13.1 Å². The minimum absolute atomic E-state index is 0.0650. The van der Waals surface area contributed by atoms with E-state index in [0.29, 0.717) is 32.2 Å². The molecule has 2 rings (SSSR count). The number of Topliss-reactive ketones (excluding diaryl/α,β-unsaturated/α-hetero) is 1. The molecule has 2 atom stereocenters. The standard InChI is InChI=1S/C14H21N3O4/c1-2-11(18)10-4-3-7-17(10)13(20)8-15-14(21)9-5-6-12(19)16-9/h9-10H,2-8H2,1H3,(H,15,21)(H,16,19)/t9-,10-/m0/s1. The summed E-state index contributed by atoms with van der Waals surface area (Å²) < 4.78 is 0. The zero-order valence-corrected chi connectivity index (χ0v) is 12.2. The third-order valence-corrected chi connectivity index (χ3v) is 4.02. The fourth-order valence-electron chi connectivity index (χ4n) is 2.83. The highest BCUT2D eigenvalue weighted by Crippen LogP contribution is 2.19. The van der Waals surface area contributed by atoms with Crippen molar-refractivity contribution in [1.29, 1.82) is 0 Å². The van der Waals surface area contributed by atoms with Crippen LogP contribution < -0.4 is 10.6 Å². The van der Waals surface area contributed by atoms with Gasteiger partial charge >= 0.3 is 0 Å². The van der Waals surface area contributed by atoms with Crippen LogP contribution in [0.15, 0.2) is 0 Å². The molecular weight excluding hydrogens is 274 g/mol. The van der Waals surface area contributed by atoms with Crippen molar-refractivity contribution in [2.45, 2.75) is 51.1 Å². The molecule has 2 N–H and O–H groups in total. The summed E-state index contributed by atoms with van der Waals surface area (Å²) in [6.45, 7) is 2.22. The SMILES string of the molecule is CCC(=O)[C@@H]1CCCN1C(=O)CNC(=O)[C@@H]1CCC(=O)N1. The molecule has 0 bridgehead atoms. The predicted molar refractivity (Wildman–Crippen MR) is 74.2 cm³/mol. The van der Waals surface area contributed by atoms with Gasteiger partial charge in [0.25, 0.3) is 0 Å². The van der Waals surface area contributed by atoms with Crippen LogP contribution in [0.25, 0.3) is 0 Å². The Morgan fingerprint density at radius 3 is 2.71 bits per heavy atom. The van der Waals surface area contributed by atoms with Gasteiger partial charge in [-0.15, -0.1) is 0 Å². The van der Waals surface area contributed by atoms with Gasteiger partial charge in [0, 0.05) is 19.4 Å². The van der Waals surface area contributed by atoms with Crippen molar-refractivity contribution >= 4 is 23.5 Å². The molecule has 0 saturated carbocycles. The first-order chi connectivity index (χ1) is 10.0. The van der Waals surface area contributed by atoms with Gasteiger partial charge in [-0.1, -0.05) is 6.92 Å². The number of hydrogen-bond acceptors (Lipinski definition) is 4. The van der Waals surface area contributed by atoms with Crippen molar-refractivity contribution in [3.05, 3.63) is 0 Å². The average Bonchev–Trinajstić information content (AvgIpc) is 3.12. The molecule has 2 saturated heterocycles. The molecule has 116 valence electrons. The molecule has 2 aliphatic rings. The third-order valence-electron chi connectivity index (χ3n) is 4.02. The average molecular weight is 295 g/mol. The zero-order chi connectivity index (χ0) is 15.4. The van der Waals surface area contributed by atoms with E-state index < -0.39 is 6.04 Å². The Morgan fingerprint density at radius 2 is 2.10 bits per heavy atom. The van der Waals surface area contributed by atoms with Crippen LogP contribution in [0.1, 0.15) is 39.0 Å². The van der Waals surface area contributed by atoms with Crippen molar-refractivity contribution in [2.24, 2.45) is 0 Å². The van der Waals surface area contributed by atoms with Crippen molar-refractivity contribution in [1.82, 2.24) is 15.5 Å². The molecule has 0 radical (unpaired) electrons. The monoisotopic (exact) mass is 295 g/mol. The van der Waals surface area contributed by atoms with Crippen molar-refractivity contribution in [3.8, 4) is 0 Å². The maximum atomic E-state index is 12.1. The summed E-state index contributed by atoms with van der Waals surface area (Å²) >= 11 is 0. The van der Waals surface area contributed by atoms with Gasteiger partial charge in [0.1, 0.15) is 6.04 Å². The molecule has 0 spiro atoms. The fraction of sp³-hybridized carbons (Fsp3) is 0.714. The molecule has 0 aromatic carbocycles. The molecule has 0 aliphatic carbocycles. The molecule has 21 heavy (non-hydrogen) atoms. The minimum Gasteiger partial charge on any atom is -0.345 e. The molecule has 0 aromatic heterocycles. The number of amides is 3. The van der Waals surface area contributed by atoms with Crippen LogP contribution in [0.2, 0.25) is 0 Å². The molecule has 2 heterocycles. The Kier molecular flexibility index (Phi) is 4.93. The second kappa shape index (κ2) is 6.69. The summed E-state index contributed by atoms with van der Waals surface area (Å²) in [4.78, 5) is 48.3. The highest BCUT2D eigenvalue weighted by molar-refractivity contribution is 5.94. The van der Waals surface area contributed by atoms with E-state index in [2.05, 4.69) is 10.6 Å². The van der Waals surface area contributed by atoms with Gasteiger partial charge in [0.2, 0.25) is 17.7 Å². The second-order valence-corrected chi connectivity index (χ2v) is 5.44. The summed E-state index contributed by atoms with van der Waals surface area (Å²) in [6, 6.07) is -0.887. The normalized spacial score (nSPS) is 24.8. The van der Waals surface area contributed by atoms with E-state index in [-0.39, 0.29) is 36.1 Å². The van der Waals surface area contributed by atoms with Gasteiger partial charge in [0.05, 0.1) is 12.6 Å². The van der Waals surface area contributed by atoms with E-state index in [9.17, 15) is 19.2 Å². The molecular formula is C14H21N3O4. The van der Waals surface area contributed by atoms with Crippen LogP contribution in [0.3, 0.4) is 0 Å². The second-order valence-electron chi connectivity index (χ2n) is 5.44. The Bertz CT molecular complexity index is 463. The first-order valence-electron chi connectivity index (χ1n) is 7.42. The largest absolute Gasteiger partial charge is 0.345 e. The lowest BCUT2D eigenvalue weighted by Crippen LogP contribution is -2.48. The van der Waals surface area contributed by atoms with Gasteiger partial charge in [-0.2, -0.15) is 0 Å². The number of nitrogens with one attached hydrogen (secondary N) is 2. The maximum absolute atomic E-state index is 12.1. The Hall–Kier alpha value is -1.92. The van der Waals surface area contributed by atoms with Crippen LogP contribution >= 0.6 is 0 Å². The van der Waals surface area contributed by atoms with Crippen LogP contribution in [0.5, 0.6) is 0 Å². The van der Waals surface area contributed by atoms with E-state index >= 15 is 0 Å². The Balaban J connectivity index is 1.82. The molecule has 2 fully saturated rings. The van der Waals surface area contributed by atoms with Crippen LogP contribution in [0.4, 0.5) is 0 Å². The highest BCUT2D eigenvalue weighted by atomic mass is 16.2. The van der Waals surface area contributed by atoms with E-state index in [1.54, 1.807) is 11.8 Å². The first-order valence-corrected chi connectivity index (χ1v) is 7.42. The van der Waals surface area contributed by atoms with Gasteiger partial charge in [-0.05, 0) is 19.3 Å². The molecule has 3 amide bonds. The van der Waals surface area contributed by atoms with E-state index in [4.69, 9.17) is 0 Å². The number of rotatable bonds is 5. The molecule has 7 heteroatoms. The predicted octanol–water partition coefficient (Wildman–Crippen LogP) is -0.649. The van der Waals surface area contributed by atoms with Crippen LogP contribution in [-0.4, -0.2) is 53.6 Å². The zero-order valence-electron chi connectivity index (χ0n) is 12.2. The maximum Gasteiger partial charge on any atom is 0.243 e. The topological polar surface area (TPSA) is 95.6 Å². The summed E-state index contributed by atoms with van der Waals surface area (Å²) in [5.41, 5.74) is 0. The van der Waals surface area contributed by atoms with E-state index in [1.165, 1.54) is 0 Å². The summed E-state index contributed by atoms with van der Waals surface area (Å²) in [6.07, 6.45) is 2.72. The van der Waals surface area contributed by atoms with Crippen LogP contribution in [-0.2, 0) is 19.2 Å². The van der Waals surface area contributed by atoms with Crippen molar-refractivity contribution in [3.63, 3.8) is 0 Å². The molecule has 0 unspecified atom stereocenters. The van der Waals surface area contributed by atoms with Crippen molar-refractivity contribution < 1.29 is 19.2 Å². The van der Waals surface area contributed by atoms with Gasteiger partial charge in [-0.3, -0.25) is 19.2 Å². The first kappa shape index (κ1) is 15.5. The van der Waals surface area contributed by atoms with Gasteiger partial charge in [-0.25, -0.2) is 0 Å². The summed E-state index contributed by atoms with van der Waals surface area (Å²) in [5, 5.41) is 5.10. The molecule has 7 nitrogen and oxygen atoms in total. The fourth-order valence-corrected chi connectivity index (χ4v) is 2.83. The minimum atomic E-state index is -0.544. The summed E-state index contributed by atoms with van der Waals surface area (Å²) in [5.74, 6) is -0.659. The number of hydrogen-bond donors (Lipinski definition) is 2. The lowest BCUT2D eigenvalue weighted by atomic mass is 10.1. The number of likely N-dealkylation sites (tertiary alicyclic amines) is 1. The lowest BCUT2D eigenvalue weighted by Gasteiger charge is -2.23.